The van der Waals surface area contributed by atoms with E-state index in [2.05, 4.69) is 11.9 Å². The summed E-state index contributed by atoms with van der Waals surface area (Å²) in [7, 11) is 0. The van der Waals surface area contributed by atoms with Crippen LogP contribution in [0.5, 0.6) is 0 Å². The van der Waals surface area contributed by atoms with Gasteiger partial charge in [-0.05, 0) is 43.9 Å². The predicted molar refractivity (Wildman–Crippen MR) is 101 cm³/mol. The molecular weight excluding hydrogens is 328 g/mol. The third-order valence-corrected chi connectivity index (χ3v) is 4.77. The first-order chi connectivity index (χ1) is 12.7. The molecule has 1 aliphatic heterocycles. The van der Waals surface area contributed by atoms with Gasteiger partial charge in [0.15, 0.2) is 6.61 Å². The van der Waals surface area contributed by atoms with Gasteiger partial charge in [0, 0.05) is 24.0 Å². The minimum atomic E-state index is -0.529. The Kier molecular flexibility index (Phi) is 6.00. The third kappa shape index (κ3) is 4.48. The largest absolute Gasteiger partial charge is 0.452 e. The van der Waals surface area contributed by atoms with Crippen molar-refractivity contribution in [1.29, 1.82) is 0 Å². The van der Waals surface area contributed by atoms with Crippen molar-refractivity contribution in [3.05, 3.63) is 48.2 Å². The number of benzene rings is 1. The molecule has 0 radical (unpaired) electrons. The molecule has 136 valence electrons. The van der Waals surface area contributed by atoms with Crippen LogP contribution in [0.1, 0.15) is 38.3 Å². The second kappa shape index (κ2) is 8.61. The Morgan fingerprint density at radius 1 is 1.23 bits per heavy atom. The molecule has 5 heteroatoms. The van der Waals surface area contributed by atoms with Gasteiger partial charge in [-0.15, -0.1) is 0 Å². The fourth-order valence-electron chi connectivity index (χ4n) is 3.35. The van der Waals surface area contributed by atoms with Crippen LogP contribution >= 0.6 is 0 Å². The minimum absolute atomic E-state index is 0.109. The molecule has 0 aliphatic carbocycles. The van der Waals surface area contributed by atoms with E-state index in [9.17, 15) is 9.59 Å². The highest BCUT2D eigenvalue weighted by molar-refractivity contribution is 5.89. The number of piperidine rings is 1. The van der Waals surface area contributed by atoms with Crippen LogP contribution in [0.25, 0.3) is 17.0 Å². The molecule has 2 aromatic rings. The van der Waals surface area contributed by atoms with E-state index in [0.29, 0.717) is 5.69 Å². The first kappa shape index (κ1) is 18.1. The van der Waals surface area contributed by atoms with Gasteiger partial charge in [-0.1, -0.05) is 31.2 Å². The van der Waals surface area contributed by atoms with E-state index in [-0.39, 0.29) is 18.6 Å². The molecule has 1 amide bonds. The van der Waals surface area contributed by atoms with E-state index in [1.807, 2.05) is 41.3 Å². The summed E-state index contributed by atoms with van der Waals surface area (Å²) in [4.78, 5) is 30.5. The lowest BCUT2D eigenvalue weighted by Crippen LogP contribution is -2.45. The zero-order valence-corrected chi connectivity index (χ0v) is 15.1. The fraction of sp³-hybridized carbons (Fsp3) is 0.381. The molecule has 3 rings (SSSR count). The van der Waals surface area contributed by atoms with Crippen molar-refractivity contribution in [3.8, 4) is 0 Å². The summed E-state index contributed by atoms with van der Waals surface area (Å²) >= 11 is 0. The second-order valence-electron chi connectivity index (χ2n) is 6.51. The molecule has 26 heavy (non-hydrogen) atoms. The summed E-state index contributed by atoms with van der Waals surface area (Å²) in [5.41, 5.74) is 1.54. The number of hydrogen-bond donors (Lipinski definition) is 0. The van der Waals surface area contributed by atoms with Gasteiger partial charge in [0.25, 0.3) is 5.91 Å². The number of aromatic nitrogens is 1. The molecule has 1 unspecified atom stereocenters. The highest BCUT2D eigenvalue weighted by atomic mass is 16.5. The molecule has 1 aromatic heterocycles. The summed E-state index contributed by atoms with van der Waals surface area (Å²) in [5.74, 6) is -0.638. The Bertz CT molecular complexity index is 816. The number of amides is 1. The molecule has 0 spiro atoms. The van der Waals surface area contributed by atoms with Gasteiger partial charge >= 0.3 is 5.97 Å². The number of rotatable bonds is 5. The molecule has 0 N–H and O–H groups in total. The van der Waals surface area contributed by atoms with Gasteiger partial charge in [0.1, 0.15) is 0 Å². The van der Waals surface area contributed by atoms with Gasteiger partial charge in [0.2, 0.25) is 0 Å². The maximum absolute atomic E-state index is 12.3. The van der Waals surface area contributed by atoms with E-state index < -0.39 is 5.97 Å². The Balaban J connectivity index is 1.54. The highest BCUT2D eigenvalue weighted by Gasteiger charge is 2.25. The van der Waals surface area contributed by atoms with Gasteiger partial charge in [-0.2, -0.15) is 0 Å². The average molecular weight is 352 g/mol. The third-order valence-electron chi connectivity index (χ3n) is 4.77. The smallest absolute Gasteiger partial charge is 0.331 e. The first-order valence-corrected chi connectivity index (χ1v) is 9.17. The van der Waals surface area contributed by atoms with Gasteiger partial charge in [-0.3, -0.25) is 4.79 Å². The van der Waals surface area contributed by atoms with Gasteiger partial charge < -0.3 is 9.64 Å². The topological polar surface area (TPSA) is 59.5 Å². The fourth-order valence-corrected chi connectivity index (χ4v) is 3.35. The quantitative estimate of drug-likeness (QED) is 0.609. The lowest BCUT2D eigenvalue weighted by atomic mass is 10.00. The van der Waals surface area contributed by atoms with Gasteiger partial charge in [-0.25, -0.2) is 9.78 Å². The predicted octanol–water partition coefficient (Wildman–Crippen LogP) is 3.58. The molecule has 1 saturated heterocycles. The number of pyridine rings is 1. The normalized spacial score (nSPS) is 17.6. The number of fused-ring (bicyclic) bond motifs is 1. The van der Waals surface area contributed by atoms with Crippen LogP contribution in [0.15, 0.2) is 42.5 Å². The van der Waals surface area contributed by atoms with E-state index in [4.69, 9.17) is 4.74 Å². The van der Waals surface area contributed by atoms with Crippen molar-refractivity contribution in [3.63, 3.8) is 0 Å². The number of carbonyl (C=O) groups is 2. The van der Waals surface area contributed by atoms with Crippen LogP contribution in [0.2, 0.25) is 0 Å². The number of ether oxygens (including phenoxy) is 1. The molecule has 2 heterocycles. The number of esters is 1. The van der Waals surface area contributed by atoms with E-state index in [1.54, 1.807) is 6.08 Å². The molecule has 1 fully saturated rings. The maximum Gasteiger partial charge on any atom is 0.331 e. The van der Waals surface area contributed by atoms with E-state index >= 15 is 0 Å². The number of para-hydroxylation sites is 1. The van der Waals surface area contributed by atoms with Crippen LogP contribution in [0.3, 0.4) is 0 Å². The lowest BCUT2D eigenvalue weighted by Gasteiger charge is -2.35. The Labute approximate surface area is 153 Å². The van der Waals surface area contributed by atoms with Crippen LogP contribution in [0, 0.1) is 0 Å². The molecule has 1 aliphatic rings. The number of likely N-dealkylation sites (tertiary alicyclic amines) is 1. The van der Waals surface area contributed by atoms with Crippen molar-refractivity contribution < 1.29 is 14.3 Å². The molecule has 5 nitrogen and oxygen atoms in total. The number of hydrogen-bond acceptors (Lipinski definition) is 4. The molecule has 1 aromatic carbocycles. The molecule has 0 bridgehead atoms. The molecule has 1 atom stereocenters. The van der Waals surface area contributed by atoms with E-state index in [1.165, 1.54) is 6.08 Å². The summed E-state index contributed by atoms with van der Waals surface area (Å²) in [6.07, 6.45) is 7.07. The summed E-state index contributed by atoms with van der Waals surface area (Å²) < 4.78 is 5.11. The maximum atomic E-state index is 12.3. The Hall–Kier alpha value is -2.69. The number of carbonyl (C=O) groups excluding carboxylic acids is 2. The van der Waals surface area contributed by atoms with Crippen molar-refractivity contribution in [1.82, 2.24) is 9.88 Å². The Morgan fingerprint density at radius 2 is 2.08 bits per heavy atom. The van der Waals surface area contributed by atoms with Crippen LogP contribution in [-0.4, -0.2) is 41.0 Å². The zero-order valence-electron chi connectivity index (χ0n) is 15.1. The van der Waals surface area contributed by atoms with Crippen LogP contribution < -0.4 is 0 Å². The summed E-state index contributed by atoms with van der Waals surface area (Å²) in [5, 5.41) is 1.05. The standard InChI is InChI=1S/C21H24N2O3/c1-2-18-8-5-6-14-23(18)20(24)15-26-21(25)13-12-17-11-10-16-7-3-4-9-19(16)22-17/h3-4,7,9-13,18H,2,5-6,8,14-15H2,1H3/b13-12+. The second-order valence-corrected chi connectivity index (χ2v) is 6.51. The Morgan fingerprint density at radius 3 is 2.92 bits per heavy atom. The number of nitrogens with zero attached hydrogens (tertiary/aromatic N) is 2. The minimum Gasteiger partial charge on any atom is -0.452 e. The van der Waals surface area contributed by atoms with Crippen LogP contribution in [-0.2, 0) is 14.3 Å². The van der Waals surface area contributed by atoms with Crippen molar-refractivity contribution in [2.75, 3.05) is 13.2 Å². The summed E-state index contributed by atoms with van der Waals surface area (Å²) in [6.45, 7) is 2.64. The summed E-state index contributed by atoms with van der Waals surface area (Å²) in [6, 6.07) is 11.9. The average Bonchev–Trinajstić information content (AvgIpc) is 2.70. The zero-order chi connectivity index (χ0) is 18.4. The van der Waals surface area contributed by atoms with Crippen molar-refractivity contribution in [2.24, 2.45) is 0 Å². The van der Waals surface area contributed by atoms with Gasteiger partial charge in [0.05, 0.1) is 11.2 Å². The van der Waals surface area contributed by atoms with Crippen molar-refractivity contribution in [2.45, 2.75) is 38.6 Å². The molecular formula is C21H24N2O3. The van der Waals surface area contributed by atoms with Crippen LogP contribution in [0.4, 0.5) is 0 Å². The van der Waals surface area contributed by atoms with Crippen molar-refractivity contribution >= 4 is 28.9 Å². The van der Waals surface area contributed by atoms with E-state index in [0.717, 1.165) is 43.1 Å². The SMILES string of the molecule is CCC1CCCCN1C(=O)COC(=O)/C=C/c1ccc2ccccc2n1. The first-order valence-electron chi connectivity index (χ1n) is 9.17. The highest BCUT2D eigenvalue weighted by Crippen LogP contribution is 2.19. The monoisotopic (exact) mass is 352 g/mol. The lowest BCUT2D eigenvalue weighted by molar-refractivity contribution is -0.150. The molecule has 0 saturated carbocycles.